The quantitative estimate of drug-likeness (QED) is 0.273. The van der Waals surface area contributed by atoms with Gasteiger partial charge in [-0.05, 0) is 48.5 Å². The first kappa shape index (κ1) is 24.8. The Kier molecular flexibility index (Phi) is 7.22. The number of anilines is 4. The summed E-state index contributed by atoms with van der Waals surface area (Å²) in [4.78, 5) is 29.5. The molecule has 0 radical (unpaired) electrons. The fraction of sp³-hybridized carbons (Fsp3) is 0.125. The van der Waals surface area contributed by atoms with Crippen LogP contribution in [0.4, 0.5) is 22.7 Å². The zero-order chi connectivity index (χ0) is 26.5. The number of carboxylic acids is 2. The molecule has 4 aromatic carbocycles. The van der Waals surface area contributed by atoms with Crippen molar-refractivity contribution in [1.29, 1.82) is 0 Å². The minimum absolute atomic E-state index is 0.0571. The fourth-order valence-corrected chi connectivity index (χ4v) is 5.22. The van der Waals surface area contributed by atoms with Crippen molar-refractivity contribution in [3.63, 3.8) is 0 Å². The summed E-state index contributed by atoms with van der Waals surface area (Å²) in [7, 11) is 0. The number of hydrogen-bond donors (Lipinski definition) is 2. The van der Waals surface area contributed by atoms with E-state index in [1.807, 2.05) is 131 Å². The third kappa shape index (κ3) is 5.02. The van der Waals surface area contributed by atoms with Gasteiger partial charge in [0.25, 0.3) is 0 Å². The van der Waals surface area contributed by atoms with E-state index >= 15 is 0 Å². The number of allylic oxidation sites excluding steroid dienone is 1. The van der Waals surface area contributed by atoms with Gasteiger partial charge in [-0.25, -0.2) is 4.79 Å². The Morgan fingerprint density at radius 2 is 0.974 bits per heavy atom. The lowest BCUT2D eigenvalue weighted by molar-refractivity contribution is -0.143. The standard InChI is InChI=1S/C32H28N2O4/c35-31(36)27-22-30(34(25-17-9-3-10-18-25)26-19-11-4-12-20-26)28(32(37)38)21-29(27)33(23-13-5-1-6-14-23)24-15-7-2-8-16-24/h1-20,27,29H,21-22H2,(H,35,36)(H,37,38). The van der Waals surface area contributed by atoms with Crippen LogP contribution in [0, 0.1) is 5.92 Å². The molecule has 38 heavy (non-hydrogen) atoms. The highest BCUT2D eigenvalue weighted by Crippen LogP contribution is 2.43. The van der Waals surface area contributed by atoms with Crippen molar-refractivity contribution in [3.05, 3.63) is 133 Å². The predicted molar refractivity (Wildman–Crippen MR) is 149 cm³/mol. The molecule has 2 unspecified atom stereocenters. The molecule has 5 rings (SSSR count). The number of nitrogens with zero attached hydrogens (tertiary/aromatic N) is 2. The molecule has 0 bridgehead atoms. The van der Waals surface area contributed by atoms with E-state index in [4.69, 9.17) is 0 Å². The molecule has 0 spiro atoms. The van der Waals surface area contributed by atoms with Gasteiger partial charge in [-0.3, -0.25) is 4.79 Å². The lowest BCUT2D eigenvalue weighted by Gasteiger charge is -2.42. The number of carbonyl (C=O) groups is 2. The van der Waals surface area contributed by atoms with Gasteiger partial charge in [-0.15, -0.1) is 0 Å². The number of rotatable bonds is 8. The van der Waals surface area contributed by atoms with Crippen molar-refractivity contribution >= 4 is 34.7 Å². The summed E-state index contributed by atoms with van der Waals surface area (Å²) >= 11 is 0. The van der Waals surface area contributed by atoms with Crippen LogP contribution in [0.1, 0.15) is 12.8 Å². The third-order valence-electron chi connectivity index (χ3n) is 6.91. The number of hydrogen-bond acceptors (Lipinski definition) is 4. The Bertz CT molecular complexity index is 1340. The van der Waals surface area contributed by atoms with E-state index < -0.39 is 23.9 Å². The van der Waals surface area contributed by atoms with E-state index in [2.05, 4.69) is 0 Å². The van der Waals surface area contributed by atoms with Crippen LogP contribution < -0.4 is 9.80 Å². The normalized spacial score (nSPS) is 17.1. The largest absolute Gasteiger partial charge is 0.481 e. The van der Waals surface area contributed by atoms with Crippen LogP contribution in [0.25, 0.3) is 0 Å². The lowest BCUT2D eigenvalue weighted by atomic mass is 9.80. The monoisotopic (exact) mass is 504 g/mol. The van der Waals surface area contributed by atoms with Crippen LogP contribution in [0.5, 0.6) is 0 Å². The minimum atomic E-state index is -1.05. The molecule has 0 amide bonds. The Labute approximate surface area is 221 Å². The summed E-state index contributed by atoms with van der Waals surface area (Å²) < 4.78 is 0. The van der Waals surface area contributed by atoms with Crippen molar-refractivity contribution in [2.24, 2.45) is 5.92 Å². The van der Waals surface area contributed by atoms with E-state index in [1.54, 1.807) is 0 Å². The molecule has 0 fully saturated rings. The molecule has 0 aliphatic heterocycles. The maximum absolute atomic E-state index is 12.8. The summed E-state index contributed by atoms with van der Waals surface area (Å²) in [6.45, 7) is 0. The highest BCUT2D eigenvalue weighted by molar-refractivity contribution is 5.91. The third-order valence-corrected chi connectivity index (χ3v) is 6.91. The van der Waals surface area contributed by atoms with Crippen molar-refractivity contribution in [3.8, 4) is 0 Å². The first-order valence-electron chi connectivity index (χ1n) is 12.5. The van der Waals surface area contributed by atoms with Crippen molar-refractivity contribution in [2.75, 3.05) is 9.80 Å². The summed E-state index contributed by atoms with van der Waals surface area (Å²) in [6, 6.07) is 37.4. The molecule has 0 saturated carbocycles. The molecule has 2 atom stereocenters. The van der Waals surface area contributed by atoms with Crippen molar-refractivity contribution < 1.29 is 19.8 Å². The van der Waals surface area contributed by atoms with Gasteiger partial charge in [0.05, 0.1) is 17.5 Å². The number of benzene rings is 4. The summed E-state index contributed by atoms with van der Waals surface area (Å²) in [5.41, 5.74) is 3.87. The molecular formula is C32H28N2O4. The van der Waals surface area contributed by atoms with Crippen LogP contribution in [0.15, 0.2) is 133 Å². The van der Waals surface area contributed by atoms with Gasteiger partial charge in [0.2, 0.25) is 0 Å². The van der Waals surface area contributed by atoms with Crippen LogP contribution in [0.2, 0.25) is 0 Å². The van der Waals surface area contributed by atoms with Gasteiger partial charge in [0.1, 0.15) is 0 Å². The van der Waals surface area contributed by atoms with E-state index in [-0.39, 0.29) is 18.4 Å². The van der Waals surface area contributed by atoms with E-state index in [0.717, 1.165) is 22.7 Å². The SMILES string of the molecule is O=C(O)C1=C(N(c2ccccc2)c2ccccc2)CC(C(=O)O)C(N(c2ccccc2)c2ccccc2)C1. The predicted octanol–water partition coefficient (Wildman–Crippen LogP) is 6.86. The fourth-order valence-electron chi connectivity index (χ4n) is 5.22. The summed E-state index contributed by atoms with van der Waals surface area (Å²) in [6.07, 6.45) is 0.114. The van der Waals surface area contributed by atoms with Gasteiger partial charge in [-0.2, -0.15) is 0 Å². The first-order valence-corrected chi connectivity index (χ1v) is 12.5. The zero-order valence-corrected chi connectivity index (χ0v) is 20.7. The van der Waals surface area contributed by atoms with Crippen molar-refractivity contribution in [2.45, 2.75) is 18.9 Å². The average Bonchev–Trinajstić information content (AvgIpc) is 2.96. The average molecular weight is 505 g/mol. The second kappa shape index (κ2) is 11.0. The molecule has 0 heterocycles. The summed E-state index contributed by atoms with van der Waals surface area (Å²) in [5.74, 6) is -2.87. The number of para-hydroxylation sites is 4. The van der Waals surface area contributed by atoms with Gasteiger partial charge in [-0.1, -0.05) is 72.8 Å². The molecule has 190 valence electrons. The Morgan fingerprint density at radius 1 is 0.579 bits per heavy atom. The number of carboxylic acid groups (broad SMARTS) is 2. The molecular weight excluding hydrogens is 476 g/mol. The van der Waals surface area contributed by atoms with Gasteiger partial charge in [0, 0.05) is 41.3 Å². The molecule has 6 nitrogen and oxygen atoms in total. The molecule has 6 heteroatoms. The van der Waals surface area contributed by atoms with Gasteiger partial charge in [0.15, 0.2) is 0 Å². The second-order valence-electron chi connectivity index (χ2n) is 9.20. The molecule has 4 aromatic rings. The highest BCUT2D eigenvalue weighted by atomic mass is 16.4. The van der Waals surface area contributed by atoms with E-state index in [9.17, 15) is 19.8 Å². The van der Waals surface area contributed by atoms with Crippen LogP contribution in [0.3, 0.4) is 0 Å². The minimum Gasteiger partial charge on any atom is -0.481 e. The van der Waals surface area contributed by atoms with Crippen LogP contribution in [-0.2, 0) is 9.59 Å². The Morgan fingerprint density at radius 3 is 1.34 bits per heavy atom. The molecule has 2 N–H and O–H groups in total. The Hall–Kier alpha value is -4.84. The van der Waals surface area contributed by atoms with Crippen LogP contribution >= 0.6 is 0 Å². The highest BCUT2D eigenvalue weighted by Gasteiger charge is 2.42. The second-order valence-corrected chi connectivity index (χ2v) is 9.20. The number of aliphatic carboxylic acids is 2. The lowest BCUT2D eigenvalue weighted by Crippen LogP contribution is -2.46. The topological polar surface area (TPSA) is 81.1 Å². The van der Waals surface area contributed by atoms with Crippen LogP contribution in [-0.4, -0.2) is 28.2 Å². The van der Waals surface area contributed by atoms with E-state index in [1.165, 1.54) is 0 Å². The first-order chi connectivity index (χ1) is 18.5. The summed E-state index contributed by atoms with van der Waals surface area (Å²) in [5, 5.41) is 21.0. The zero-order valence-electron chi connectivity index (χ0n) is 20.7. The molecule has 1 aliphatic carbocycles. The maximum atomic E-state index is 12.8. The molecule has 0 aromatic heterocycles. The molecule has 1 aliphatic rings. The molecule has 0 saturated heterocycles. The van der Waals surface area contributed by atoms with Gasteiger partial charge < -0.3 is 20.0 Å². The smallest absolute Gasteiger partial charge is 0.333 e. The maximum Gasteiger partial charge on any atom is 0.333 e. The van der Waals surface area contributed by atoms with Gasteiger partial charge >= 0.3 is 11.9 Å². The van der Waals surface area contributed by atoms with Crippen molar-refractivity contribution in [1.82, 2.24) is 0 Å². The Balaban J connectivity index is 1.69. The van der Waals surface area contributed by atoms with E-state index in [0.29, 0.717) is 5.70 Å².